The molecule has 1 unspecified atom stereocenters. The first-order valence-corrected chi connectivity index (χ1v) is 10.3. The molecule has 0 spiro atoms. The lowest BCUT2D eigenvalue weighted by Crippen LogP contribution is -2.19. The van der Waals surface area contributed by atoms with Crippen molar-refractivity contribution in [1.29, 1.82) is 0 Å². The van der Waals surface area contributed by atoms with Crippen molar-refractivity contribution in [2.24, 2.45) is 4.99 Å². The Morgan fingerprint density at radius 1 is 1.43 bits per heavy atom. The van der Waals surface area contributed by atoms with Crippen LogP contribution in [0.5, 0.6) is 0 Å². The minimum atomic E-state index is -2.67. The summed E-state index contributed by atoms with van der Waals surface area (Å²) in [5, 5.41) is 0.303. The molecule has 2 N–H and O–H groups in total. The van der Waals surface area contributed by atoms with Crippen molar-refractivity contribution >= 4 is 39.4 Å². The maximum atomic E-state index is 14.1. The summed E-state index contributed by atoms with van der Waals surface area (Å²) in [5.74, 6) is -0.771. The molecule has 0 aliphatic carbocycles. The van der Waals surface area contributed by atoms with Gasteiger partial charge in [-0.1, -0.05) is 25.1 Å². The number of ether oxygens (including phenoxy) is 2. The molecule has 2 aromatic rings. The van der Waals surface area contributed by atoms with Crippen molar-refractivity contribution in [2.45, 2.75) is 31.6 Å². The first kappa shape index (κ1) is 23.8. The van der Waals surface area contributed by atoms with Gasteiger partial charge in [0.25, 0.3) is 12.3 Å². The van der Waals surface area contributed by atoms with Crippen LogP contribution in [0.2, 0.25) is 5.02 Å². The van der Waals surface area contributed by atoms with E-state index in [1.165, 1.54) is 25.4 Å². The number of alkyl halides is 2. The zero-order chi connectivity index (χ0) is 22.4. The van der Waals surface area contributed by atoms with Gasteiger partial charge in [0.2, 0.25) is 0 Å². The van der Waals surface area contributed by atoms with E-state index in [4.69, 9.17) is 21.1 Å². The molecule has 1 aromatic carbocycles. The number of nitrogens with zero attached hydrogens (tertiary/aromatic N) is 1. The van der Waals surface area contributed by atoms with Gasteiger partial charge >= 0.3 is 0 Å². The van der Waals surface area contributed by atoms with Crippen molar-refractivity contribution in [1.82, 2.24) is 9.71 Å². The van der Waals surface area contributed by atoms with Gasteiger partial charge < -0.3 is 14.5 Å². The summed E-state index contributed by atoms with van der Waals surface area (Å²) in [5.41, 5.74) is 0.748. The minimum Gasteiger partial charge on any atom is -0.482 e. The number of fused-ring (bicyclic) bond motifs is 1. The number of rotatable bonds is 9. The van der Waals surface area contributed by atoms with E-state index in [0.717, 1.165) is 0 Å². The fourth-order valence-corrected chi connectivity index (χ4v) is 3.50. The van der Waals surface area contributed by atoms with Gasteiger partial charge in [0.05, 0.1) is 22.5 Å². The Hall–Kier alpha value is -2.46. The highest BCUT2D eigenvalue weighted by molar-refractivity contribution is 7.83. The number of hydrogen-bond donors (Lipinski definition) is 2. The molecule has 0 aliphatic heterocycles. The van der Waals surface area contributed by atoms with E-state index < -0.39 is 29.8 Å². The first-order chi connectivity index (χ1) is 14.2. The van der Waals surface area contributed by atoms with Gasteiger partial charge in [-0.15, -0.1) is 0 Å². The Kier molecular flexibility index (Phi) is 8.36. The van der Waals surface area contributed by atoms with E-state index in [0.29, 0.717) is 17.4 Å². The van der Waals surface area contributed by atoms with Crippen molar-refractivity contribution in [2.75, 3.05) is 13.7 Å². The molecule has 30 heavy (non-hydrogen) atoms. The molecule has 0 saturated heterocycles. The highest BCUT2D eigenvalue weighted by Gasteiger charge is 2.18. The van der Waals surface area contributed by atoms with E-state index in [1.807, 2.05) is 6.92 Å². The number of methoxy groups -OCH3 is 1. The van der Waals surface area contributed by atoms with Crippen LogP contribution in [-0.4, -0.2) is 35.2 Å². The molecule has 6 nitrogen and oxygen atoms in total. The SMILES string of the molecule is C=C(/N=C(OC)\C(OCC(F)F)=C(/C)CC)NS(=O)c1c[nH]c2c(F)c(Cl)ccc12. The van der Waals surface area contributed by atoms with Gasteiger partial charge in [-0.25, -0.2) is 17.4 Å². The van der Waals surface area contributed by atoms with Gasteiger partial charge in [-0.2, -0.15) is 4.99 Å². The van der Waals surface area contributed by atoms with Crippen LogP contribution in [-0.2, 0) is 20.5 Å². The molecular formula is C19H21ClF3N3O3S. The Balaban J connectivity index is 2.26. The predicted octanol–water partition coefficient (Wildman–Crippen LogP) is 5.05. The molecule has 0 radical (unpaired) electrons. The van der Waals surface area contributed by atoms with Crippen LogP contribution in [0.4, 0.5) is 13.2 Å². The average Bonchev–Trinajstić information content (AvgIpc) is 3.14. The predicted molar refractivity (Wildman–Crippen MR) is 111 cm³/mol. The maximum absolute atomic E-state index is 14.1. The quantitative estimate of drug-likeness (QED) is 0.310. The van der Waals surface area contributed by atoms with E-state index in [-0.39, 0.29) is 32.9 Å². The number of aromatic nitrogens is 1. The van der Waals surface area contributed by atoms with Gasteiger partial charge in [0.15, 0.2) is 22.6 Å². The van der Waals surface area contributed by atoms with Crippen LogP contribution < -0.4 is 4.72 Å². The molecule has 0 bridgehead atoms. The third kappa shape index (κ3) is 5.57. The topological polar surface area (TPSA) is 75.7 Å². The molecule has 1 atom stereocenters. The number of nitrogens with one attached hydrogen (secondary N) is 2. The van der Waals surface area contributed by atoms with Crippen LogP contribution in [0.25, 0.3) is 10.9 Å². The maximum Gasteiger partial charge on any atom is 0.272 e. The van der Waals surface area contributed by atoms with Crippen LogP contribution >= 0.6 is 11.6 Å². The second kappa shape index (κ2) is 10.5. The third-order valence-electron chi connectivity index (χ3n) is 4.01. The number of benzene rings is 1. The monoisotopic (exact) mass is 463 g/mol. The number of aliphatic imine (C=N–C) groups is 1. The molecule has 0 amide bonds. The first-order valence-electron chi connectivity index (χ1n) is 8.75. The zero-order valence-electron chi connectivity index (χ0n) is 16.5. The number of H-pyrrole nitrogens is 1. The number of aromatic amines is 1. The summed E-state index contributed by atoms with van der Waals surface area (Å²) in [4.78, 5) is 7.01. The third-order valence-corrected chi connectivity index (χ3v) is 5.46. The molecule has 2 rings (SSSR count). The molecular weight excluding hydrogens is 443 g/mol. The summed E-state index contributed by atoms with van der Waals surface area (Å²) in [6.45, 7) is 6.34. The van der Waals surface area contributed by atoms with Crippen molar-refractivity contribution in [3.8, 4) is 0 Å². The van der Waals surface area contributed by atoms with Crippen LogP contribution in [0.1, 0.15) is 20.3 Å². The van der Waals surface area contributed by atoms with E-state index in [2.05, 4.69) is 21.3 Å². The minimum absolute atomic E-state index is 0.0536. The fourth-order valence-electron chi connectivity index (χ4n) is 2.44. The lowest BCUT2D eigenvalue weighted by Gasteiger charge is -2.15. The highest BCUT2D eigenvalue weighted by Crippen LogP contribution is 2.28. The van der Waals surface area contributed by atoms with Crippen LogP contribution in [0, 0.1) is 5.82 Å². The second-order valence-corrected chi connectivity index (χ2v) is 7.63. The summed E-state index contributed by atoms with van der Waals surface area (Å²) in [7, 11) is -0.562. The average molecular weight is 464 g/mol. The summed E-state index contributed by atoms with van der Waals surface area (Å²) >= 11 is 5.75. The largest absolute Gasteiger partial charge is 0.482 e. The van der Waals surface area contributed by atoms with E-state index >= 15 is 0 Å². The molecule has 11 heteroatoms. The lowest BCUT2D eigenvalue weighted by atomic mass is 10.2. The van der Waals surface area contributed by atoms with Crippen molar-refractivity contribution < 1.29 is 26.9 Å². The van der Waals surface area contributed by atoms with Crippen molar-refractivity contribution in [3.05, 3.63) is 52.9 Å². The fraction of sp³-hybridized carbons (Fsp3) is 0.316. The number of halogens is 4. The van der Waals surface area contributed by atoms with Gasteiger partial charge in [0.1, 0.15) is 12.4 Å². The van der Waals surface area contributed by atoms with E-state index in [1.54, 1.807) is 6.92 Å². The van der Waals surface area contributed by atoms with Gasteiger partial charge in [0, 0.05) is 11.6 Å². The van der Waals surface area contributed by atoms with E-state index in [9.17, 15) is 17.4 Å². The molecule has 0 fully saturated rings. The van der Waals surface area contributed by atoms with Crippen molar-refractivity contribution in [3.63, 3.8) is 0 Å². The standard InChI is InChI=1S/C19H21ClF3N3O3S/c1-5-10(2)18(29-9-15(21)22)19(28-4)25-11(3)26-30(27)14-8-24-17-12(14)6-7-13(20)16(17)23/h6-8,15,24,26H,3,5,9H2,1-2,4H3/b18-10-,25-19+. The second-order valence-electron chi connectivity index (χ2n) is 6.04. The molecule has 1 aromatic heterocycles. The summed E-state index contributed by atoms with van der Waals surface area (Å²) in [6, 6.07) is 2.89. The number of hydrogen-bond acceptors (Lipinski definition) is 4. The summed E-state index contributed by atoms with van der Waals surface area (Å²) in [6.07, 6.45) is -0.789. The van der Waals surface area contributed by atoms with Gasteiger partial charge in [-0.05, 0) is 31.1 Å². The Bertz CT molecular complexity index is 1020. The Labute approximate surface area is 179 Å². The Morgan fingerprint density at radius 2 is 2.13 bits per heavy atom. The smallest absolute Gasteiger partial charge is 0.272 e. The highest BCUT2D eigenvalue weighted by atomic mass is 35.5. The normalized spacial score (nSPS) is 13.9. The summed E-state index contributed by atoms with van der Waals surface area (Å²) < 4.78 is 64.7. The van der Waals surface area contributed by atoms with Crippen LogP contribution in [0.15, 0.2) is 51.9 Å². The molecule has 164 valence electrons. The molecule has 0 aliphatic rings. The number of allylic oxidation sites excluding steroid dienone is 1. The Morgan fingerprint density at radius 3 is 2.73 bits per heavy atom. The van der Waals surface area contributed by atoms with Gasteiger partial charge in [-0.3, -0.25) is 4.72 Å². The lowest BCUT2D eigenvalue weighted by molar-refractivity contribution is 0.0512. The zero-order valence-corrected chi connectivity index (χ0v) is 18.1. The molecule has 0 saturated carbocycles. The molecule has 1 heterocycles. The van der Waals surface area contributed by atoms with Crippen LogP contribution in [0.3, 0.4) is 0 Å².